The van der Waals surface area contributed by atoms with Crippen LogP contribution in [0.1, 0.15) is 5.56 Å². The quantitative estimate of drug-likeness (QED) is 0.430. The summed E-state index contributed by atoms with van der Waals surface area (Å²) in [5, 5.41) is 2.50. The van der Waals surface area contributed by atoms with Gasteiger partial charge in [-0.3, -0.25) is 14.9 Å². The molecule has 2 aromatic rings. The lowest BCUT2D eigenvalue weighted by Crippen LogP contribution is -2.54. The van der Waals surface area contributed by atoms with Gasteiger partial charge in [0, 0.05) is 6.07 Å². The van der Waals surface area contributed by atoms with Gasteiger partial charge in [-0.1, -0.05) is 6.07 Å². The van der Waals surface area contributed by atoms with Gasteiger partial charge < -0.3 is 18.9 Å². The Morgan fingerprint density at radius 3 is 2.20 bits per heavy atom. The number of hydrogen-bond acceptors (Lipinski definition) is 7. The van der Waals surface area contributed by atoms with E-state index in [0.717, 1.165) is 0 Å². The van der Waals surface area contributed by atoms with Crippen LogP contribution in [0.3, 0.4) is 0 Å². The van der Waals surface area contributed by atoms with Crippen LogP contribution in [0.15, 0.2) is 42.0 Å². The lowest BCUT2D eigenvalue weighted by molar-refractivity contribution is -0.122. The average molecular weight is 428 g/mol. The largest absolute Gasteiger partial charge is 0.497 e. The van der Waals surface area contributed by atoms with Crippen LogP contribution in [0.5, 0.6) is 23.0 Å². The molecule has 1 N–H and O–H groups in total. The molecular formula is C21H20N2O6S. The number of anilines is 1. The standard InChI is InChI=1S/C21H20N2O6S/c1-26-13-6-7-15(17(11-13)28-3)23-20(25)14(19(24)22-21(23)30)9-12-5-8-16(27-2)18(10-12)29-4/h5-11H,1-4H3,(H,22,24,30)/b14-9+. The van der Waals surface area contributed by atoms with Crippen molar-refractivity contribution in [2.24, 2.45) is 0 Å². The third-order valence-corrected chi connectivity index (χ3v) is 4.73. The molecule has 3 rings (SSSR count). The number of carbonyl (C=O) groups excluding carboxylic acids is 2. The van der Waals surface area contributed by atoms with Crippen LogP contribution in [-0.2, 0) is 9.59 Å². The molecule has 0 radical (unpaired) electrons. The monoisotopic (exact) mass is 428 g/mol. The first-order valence-corrected chi connectivity index (χ1v) is 9.19. The summed E-state index contributed by atoms with van der Waals surface area (Å²) in [5.41, 5.74) is 0.876. The van der Waals surface area contributed by atoms with Crippen molar-refractivity contribution < 1.29 is 28.5 Å². The van der Waals surface area contributed by atoms with Gasteiger partial charge in [0.1, 0.15) is 17.1 Å². The Labute approximate surface area is 179 Å². The Bertz CT molecular complexity index is 1050. The number of amides is 2. The highest BCUT2D eigenvalue weighted by atomic mass is 32.1. The van der Waals surface area contributed by atoms with Gasteiger partial charge in [-0.15, -0.1) is 0 Å². The zero-order valence-electron chi connectivity index (χ0n) is 16.8. The van der Waals surface area contributed by atoms with Gasteiger partial charge in [0.25, 0.3) is 11.8 Å². The number of ether oxygens (including phenoxy) is 4. The topological polar surface area (TPSA) is 86.3 Å². The highest BCUT2D eigenvalue weighted by Gasteiger charge is 2.36. The average Bonchev–Trinajstić information content (AvgIpc) is 2.76. The predicted molar refractivity (Wildman–Crippen MR) is 115 cm³/mol. The number of hydrogen-bond donors (Lipinski definition) is 1. The third kappa shape index (κ3) is 3.92. The van der Waals surface area contributed by atoms with Gasteiger partial charge >= 0.3 is 0 Å². The van der Waals surface area contributed by atoms with Crippen LogP contribution in [0.2, 0.25) is 0 Å². The van der Waals surface area contributed by atoms with E-state index in [4.69, 9.17) is 31.2 Å². The zero-order valence-corrected chi connectivity index (χ0v) is 17.7. The van der Waals surface area contributed by atoms with Crippen molar-refractivity contribution >= 4 is 40.9 Å². The fourth-order valence-electron chi connectivity index (χ4n) is 2.96. The summed E-state index contributed by atoms with van der Waals surface area (Å²) < 4.78 is 21.1. The molecule has 0 aliphatic carbocycles. The Hall–Kier alpha value is -3.59. The number of rotatable bonds is 6. The number of benzene rings is 2. The second-order valence-corrected chi connectivity index (χ2v) is 6.50. The van der Waals surface area contributed by atoms with Crippen LogP contribution >= 0.6 is 12.2 Å². The Morgan fingerprint density at radius 1 is 0.867 bits per heavy atom. The molecule has 1 fully saturated rings. The summed E-state index contributed by atoms with van der Waals surface area (Å²) in [4.78, 5) is 26.9. The minimum absolute atomic E-state index is 0.0436. The maximum atomic E-state index is 13.2. The van der Waals surface area contributed by atoms with Gasteiger partial charge in [-0.05, 0) is 48.1 Å². The first-order valence-electron chi connectivity index (χ1n) is 8.79. The van der Waals surface area contributed by atoms with Crippen LogP contribution < -0.4 is 29.2 Å². The SMILES string of the molecule is COc1ccc(N2C(=O)/C(=C/c3ccc(OC)c(OC)c3)C(=O)NC2=S)c(OC)c1. The van der Waals surface area contributed by atoms with Crippen LogP contribution in [0.4, 0.5) is 5.69 Å². The first-order chi connectivity index (χ1) is 14.4. The summed E-state index contributed by atoms with van der Waals surface area (Å²) in [6, 6.07) is 9.98. The lowest BCUT2D eigenvalue weighted by atomic mass is 10.1. The van der Waals surface area contributed by atoms with Crippen molar-refractivity contribution in [2.45, 2.75) is 0 Å². The summed E-state index contributed by atoms with van der Waals surface area (Å²) in [6.45, 7) is 0. The van der Waals surface area contributed by atoms with E-state index in [1.165, 1.54) is 39.4 Å². The molecule has 9 heteroatoms. The number of nitrogens with zero attached hydrogens (tertiary/aromatic N) is 1. The Balaban J connectivity index is 2.04. The maximum absolute atomic E-state index is 13.2. The smallest absolute Gasteiger partial charge is 0.270 e. The molecule has 1 aliphatic heterocycles. The fraction of sp³-hybridized carbons (Fsp3) is 0.190. The van der Waals surface area contributed by atoms with Crippen molar-refractivity contribution in [1.29, 1.82) is 0 Å². The number of thiocarbonyl (C=S) groups is 1. The van der Waals surface area contributed by atoms with Crippen molar-refractivity contribution in [3.8, 4) is 23.0 Å². The van der Waals surface area contributed by atoms with E-state index in [2.05, 4.69) is 5.32 Å². The van der Waals surface area contributed by atoms with E-state index < -0.39 is 11.8 Å². The minimum atomic E-state index is -0.594. The van der Waals surface area contributed by atoms with E-state index in [-0.39, 0.29) is 10.7 Å². The molecule has 0 saturated carbocycles. The highest BCUT2D eigenvalue weighted by molar-refractivity contribution is 7.80. The highest BCUT2D eigenvalue weighted by Crippen LogP contribution is 2.35. The summed E-state index contributed by atoms with van der Waals surface area (Å²) >= 11 is 5.24. The minimum Gasteiger partial charge on any atom is -0.497 e. The van der Waals surface area contributed by atoms with Gasteiger partial charge in [-0.2, -0.15) is 0 Å². The van der Waals surface area contributed by atoms with E-state index in [1.54, 1.807) is 36.4 Å². The fourth-order valence-corrected chi connectivity index (χ4v) is 3.23. The molecule has 8 nitrogen and oxygen atoms in total. The molecule has 30 heavy (non-hydrogen) atoms. The van der Waals surface area contributed by atoms with Crippen molar-refractivity contribution in [3.05, 3.63) is 47.5 Å². The van der Waals surface area contributed by atoms with Crippen LogP contribution in [0.25, 0.3) is 6.08 Å². The van der Waals surface area contributed by atoms with Gasteiger partial charge in [0.05, 0.1) is 34.1 Å². The normalized spacial score (nSPS) is 15.1. The first kappa shape index (κ1) is 21.1. The summed E-state index contributed by atoms with van der Waals surface area (Å²) in [6.07, 6.45) is 1.46. The maximum Gasteiger partial charge on any atom is 0.270 e. The van der Waals surface area contributed by atoms with E-state index in [0.29, 0.717) is 34.2 Å². The predicted octanol–water partition coefficient (Wildman–Crippen LogP) is 2.55. The summed E-state index contributed by atoms with van der Waals surface area (Å²) in [7, 11) is 6.02. The van der Waals surface area contributed by atoms with E-state index >= 15 is 0 Å². The molecule has 0 aromatic heterocycles. The molecule has 0 atom stereocenters. The van der Waals surface area contributed by atoms with Gasteiger partial charge in [0.2, 0.25) is 0 Å². The molecule has 1 aliphatic rings. The molecule has 1 heterocycles. The van der Waals surface area contributed by atoms with Crippen LogP contribution in [-0.4, -0.2) is 45.4 Å². The molecule has 0 bridgehead atoms. The van der Waals surface area contributed by atoms with Gasteiger partial charge in [-0.25, -0.2) is 4.90 Å². The van der Waals surface area contributed by atoms with Crippen molar-refractivity contribution in [3.63, 3.8) is 0 Å². The number of carbonyl (C=O) groups is 2. The molecule has 2 amide bonds. The third-order valence-electron chi connectivity index (χ3n) is 4.45. The van der Waals surface area contributed by atoms with Crippen LogP contribution in [0, 0.1) is 0 Å². The second-order valence-electron chi connectivity index (χ2n) is 6.11. The van der Waals surface area contributed by atoms with E-state index in [1.807, 2.05) is 0 Å². The molecule has 2 aromatic carbocycles. The molecule has 1 saturated heterocycles. The zero-order chi connectivity index (χ0) is 21.8. The van der Waals surface area contributed by atoms with Gasteiger partial charge in [0.15, 0.2) is 16.6 Å². The molecule has 0 unspecified atom stereocenters. The number of methoxy groups -OCH3 is 4. The van der Waals surface area contributed by atoms with Crippen molar-refractivity contribution in [2.75, 3.05) is 33.3 Å². The Morgan fingerprint density at radius 2 is 1.57 bits per heavy atom. The van der Waals surface area contributed by atoms with Crippen molar-refractivity contribution in [1.82, 2.24) is 5.32 Å². The molecule has 0 spiro atoms. The number of nitrogens with one attached hydrogen (secondary N) is 1. The second kappa shape index (κ2) is 8.83. The lowest BCUT2D eigenvalue weighted by Gasteiger charge is -2.30. The Kier molecular flexibility index (Phi) is 6.22. The van der Waals surface area contributed by atoms with E-state index in [9.17, 15) is 9.59 Å². The summed E-state index contributed by atoms with van der Waals surface area (Å²) in [5.74, 6) is 0.748. The molecular weight excluding hydrogens is 408 g/mol. The molecule has 156 valence electrons.